The van der Waals surface area contributed by atoms with Crippen LogP contribution < -0.4 is 5.32 Å². The SMILES string of the molecule is O=C(CN1CCN(CCc2cccs2)CC1)Nc1ccc(Cl)cc1C(=O)c1ccccc1. The van der Waals surface area contributed by atoms with E-state index in [1.807, 2.05) is 18.2 Å². The van der Waals surface area contributed by atoms with Crippen molar-refractivity contribution in [3.05, 3.63) is 87.1 Å². The van der Waals surface area contributed by atoms with Crippen molar-refractivity contribution >= 4 is 40.3 Å². The maximum atomic E-state index is 12.9. The molecule has 7 heteroatoms. The highest BCUT2D eigenvalue weighted by Gasteiger charge is 2.21. The summed E-state index contributed by atoms with van der Waals surface area (Å²) < 4.78 is 0. The van der Waals surface area contributed by atoms with Crippen LogP contribution in [0.5, 0.6) is 0 Å². The standard InChI is InChI=1S/C25H26ClN3O2S/c26-20-8-9-23(22(17-20)25(31)19-5-2-1-3-6-19)27-24(30)18-29-14-12-28(13-15-29)11-10-21-7-4-16-32-21/h1-9,16-17H,10-15,18H2,(H,27,30). The zero-order valence-electron chi connectivity index (χ0n) is 17.8. The van der Waals surface area contributed by atoms with Crippen LogP contribution in [0.2, 0.25) is 5.02 Å². The minimum absolute atomic E-state index is 0.124. The summed E-state index contributed by atoms with van der Waals surface area (Å²) in [6.45, 7) is 4.98. The third-order valence-electron chi connectivity index (χ3n) is 5.62. The number of thiophene rings is 1. The van der Waals surface area contributed by atoms with Crippen LogP contribution in [-0.2, 0) is 11.2 Å². The van der Waals surface area contributed by atoms with Crippen molar-refractivity contribution in [3.8, 4) is 0 Å². The molecule has 0 aliphatic carbocycles. The molecule has 2 aromatic carbocycles. The molecule has 2 heterocycles. The van der Waals surface area contributed by atoms with Crippen molar-refractivity contribution in [2.45, 2.75) is 6.42 Å². The highest BCUT2D eigenvalue weighted by molar-refractivity contribution is 7.09. The maximum Gasteiger partial charge on any atom is 0.238 e. The highest BCUT2D eigenvalue weighted by Crippen LogP contribution is 2.24. The molecule has 0 unspecified atom stereocenters. The van der Waals surface area contributed by atoms with Gasteiger partial charge >= 0.3 is 0 Å². The zero-order valence-corrected chi connectivity index (χ0v) is 19.4. The van der Waals surface area contributed by atoms with Crippen LogP contribution >= 0.6 is 22.9 Å². The number of amides is 1. The van der Waals surface area contributed by atoms with Gasteiger partial charge in [-0.05, 0) is 36.1 Å². The number of carbonyl (C=O) groups is 2. The smallest absolute Gasteiger partial charge is 0.238 e. The molecule has 4 rings (SSSR count). The van der Waals surface area contributed by atoms with Gasteiger partial charge in [0.1, 0.15) is 0 Å². The second-order valence-corrected chi connectivity index (χ2v) is 9.35. The molecule has 1 amide bonds. The van der Waals surface area contributed by atoms with Crippen molar-refractivity contribution in [3.63, 3.8) is 0 Å². The van der Waals surface area contributed by atoms with E-state index in [9.17, 15) is 9.59 Å². The minimum atomic E-state index is -0.164. The first-order valence-corrected chi connectivity index (χ1v) is 12.0. The van der Waals surface area contributed by atoms with Gasteiger partial charge in [0.2, 0.25) is 5.91 Å². The van der Waals surface area contributed by atoms with E-state index in [4.69, 9.17) is 11.6 Å². The number of ketones is 1. The van der Waals surface area contributed by atoms with Crippen LogP contribution in [0.15, 0.2) is 66.0 Å². The lowest BCUT2D eigenvalue weighted by Gasteiger charge is -2.34. The van der Waals surface area contributed by atoms with E-state index >= 15 is 0 Å². The number of hydrogen-bond donors (Lipinski definition) is 1. The van der Waals surface area contributed by atoms with Crippen molar-refractivity contribution in [2.24, 2.45) is 0 Å². The second kappa shape index (κ2) is 10.9. The summed E-state index contributed by atoms with van der Waals surface area (Å²) in [5.41, 5.74) is 1.45. The molecular formula is C25H26ClN3O2S. The monoisotopic (exact) mass is 467 g/mol. The molecule has 0 bridgehead atoms. The van der Waals surface area contributed by atoms with E-state index in [0.29, 0.717) is 28.4 Å². The Labute approximate surface area is 197 Å². The quantitative estimate of drug-likeness (QED) is 0.498. The largest absolute Gasteiger partial charge is 0.324 e. The fourth-order valence-electron chi connectivity index (χ4n) is 3.85. The molecule has 3 aromatic rings. The van der Waals surface area contributed by atoms with Crippen LogP contribution in [0.25, 0.3) is 0 Å². The van der Waals surface area contributed by atoms with E-state index in [2.05, 4.69) is 32.6 Å². The maximum absolute atomic E-state index is 12.9. The zero-order chi connectivity index (χ0) is 22.3. The number of piperazine rings is 1. The van der Waals surface area contributed by atoms with Gasteiger partial charge in [-0.25, -0.2) is 0 Å². The van der Waals surface area contributed by atoms with Crippen molar-refractivity contribution in [1.29, 1.82) is 0 Å². The molecule has 1 aromatic heterocycles. The molecule has 1 fully saturated rings. The van der Waals surface area contributed by atoms with Crippen LogP contribution in [0.4, 0.5) is 5.69 Å². The summed E-state index contributed by atoms with van der Waals surface area (Å²) in [6, 6.07) is 18.3. The summed E-state index contributed by atoms with van der Waals surface area (Å²) in [7, 11) is 0. The van der Waals surface area contributed by atoms with Crippen molar-refractivity contribution in [2.75, 3.05) is 44.6 Å². The topological polar surface area (TPSA) is 52.7 Å². The van der Waals surface area contributed by atoms with Crippen LogP contribution in [0.1, 0.15) is 20.8 Å². The van der Waals surface area contributed by atoms with Gasteiger partial charge < -0.3 is 10.2 Å². The molecule has 1 aliphatic rings. The average Bonchev–Trinajstić information content (AvgIpc) is 3.34. The Morgan fingerprint density at radius 1 is 0.938 bits per heavy atom. The predicted octanol–water partition coefficient (Wildman–Crippen LogP) is 4.43. The third kappa shape index (κ3) is 6.04. The molecule has 0 atom stereocenters. The lowest BCUT2D eigenvalue weighted by Crippen LogP contribution is -2.49. The van der Waals surface area contributed by atoms with Crippen LogP contribution in [-0.4, -0.2) is 60.8 Å². The number of anilines is 1. The number of nitrogens with zero attached hydrogens (tertiary/aromatic N) is 2. The molecule has 1 aliphatic heterocycles. The van der Waals surface area contributed by atoms with Gasteiger partial charge in [0.15, 0.2) is 5.78 Å². The number of nitrogens with one attached hydrogen (secondary N) is 1. The first-order chi connectivity index (χ1) is 15.6. The number of halogens is 1. The lowest BCUT2D eigenvalue weighted by atomic mass is 10.0. The van der Waals surface area contributed by atoms with Gasteiger partial charge in [-0.1, -0.05) is 48.0 Å². The Bertz CT molecular complexity index is 1050. The van der Waals surface area contributed by atoms with E-state index in [1.54, 1.807) is 41.7 Å². The van der Waals surface area contributed by atoms with Crippen LogP contribution in [0.3, 0.4) is 0 Å². The van der Waals surface area contributed by atoms with Crippen molar-refractivity contribution in [1.82, 2.24) is 9.80 Å². The molecule has 1 saturated heterocycles. The van der Waals surface area contributed by atoms with E-state index in [1.165, 1.54) is 4.88 Å². The molecule has 0 saturated carbocycles. The Balaban J connectivity index is 1.31. The fourth-order valence-corrected chi connectivity index (χ4v) is 4.72. The Kier molecular flexibility index (Phi) is 7.71. The molecule has 0 radical (unpaired) electrons. The Morgan fingerprint density at radius 2 is 1.69 bits per heavy atom. The predicted molar refractivity (Wildman–Crippen MR) is 131 cm³/mol. The van der Waals surface area contributed by atoms with Gasteiger partial charge in [-0.3, -0.25) is 14.5 Å². The highest BCUT2D eigenvalue weighted by atomic mass is 35.5. The Morgan fingerprint density at radius 3 is 2.41 bits per heavy atom. The summed E-state index contributed by atoms with van der Waals surface area (Å²) in [5, 5.41) is 5.49. The summed E-state index contributed by atoms with van der Waals surface area (Å²) in [6.07, 6.45) is 1.08. The average molecular weight is 468 g/mol. The first kappa shape index (κ1) is 22.7. The summed E-state index contributed by atoms with van der Waals surface area (Å²) in [4.78, 5) is 31.7. The molecule has 166 valence electrons. The van der Waals surface area contributed by atoms with E-state index < -0.39 is 0 Å². The number of hydrogen-bond acceptors (Lipinski definition) is 5. The molecule has 5 nitrogen and oxygen atoms in total. The molecule has 0 spiro atoms. The van der Waals surface area contributed by atoms with Gasteiger partial charge in [-0.2, -0.15) is 0 Å². The third-order valence-corrected chi connectivity index (χ3v) is 6.79. The molecular weight excluding hydrogens is 442 g/mol. The van der Waals surface area contributed by atoms with Gasteiger partial charge in [0, 0.05) is 53.8 Å². The van der Waals surface area contributed by atoms with Gasteiger partial charge in [0.05, 0.1) is 12.2 Å². The number of rotatable bonds is 8. The first-order valence-electron chi connectivity index (χ1n) is 10.7. The van der Waals surface area contributed by atoms with E-state index in [-0.39, 0.29) is 11.7 Å². The normalized spacial score (nSPS) is 14.9. The second-order valence-electron chi connectivity index (χ2n) is 7.88. The summed E-state index contributed by atoms with van der Waals surface area (Å²) in [5.74, 6) is -0.288. The minimum Gasteiger partial charge on any atom is -0.324 e. The lowest BCUT2D eigenvalue weighted by molar-refractivity contribution is -0.117. The van der Waals surface area contributed by atoms with Gasteiger partial charge in [-0.15, -0.1) is 11.3 Å². The van der Waals surface area contributed by atoms with Crippen LogP contribution in [0, 0.1) is 0 Å². The Hall–Kier alpha value is -2.51. The molecule has 1 N–H and O–H groups in total. The van der Waals surface area contributed by atoms with Gasteiger partial charge in [0.25, 0.3) is 0 Å². The number of carbonyl (C=O) groups excluding carboxylic acids is 2. The molecule has 32 heavy (non-hydrogen) atoms. The number of benzene rings is 2. The van der Waals surface area contributed by atoms with Crippen molar-refractivity contribution < 1.29 is 9.59 Å². The van der Waals surface area contributed by atoms with E-state index in [0.717, 1.165) is 39.1 Å². The fraction of sp³-hybridized carbons (Fsp3) is 0.280. The summed E-state index contributed by atoms with van der Waals surface area (Å²) >= 11 is 7.94.